The van der Waals surface area contributed by atoms with E-state index in [1.54, 1.807) is 17.7 Å². The first-order valence-corrected chi connectivity index (χ1v) is 9.95. The third-order valence-electron chi connectivity index (χ3n) is 4.79. The zero-order valence-electron chi connectivity index (χ0n) is 17.5. The third kappa shape index (κ3) is 4.89. The SMILES string of the molecule is Cc1cc(C)c(NC(=O)COC(=O)c2c(C)nn(Cc3ccccc3)c2C)c(Cl)c1. The highest BCUT2D eigenvalue weighted by atomic mass is 35.5. The molecular weight excluding hydrogens is 402 g/mol. The molecule has 0 bridgehead atoms. The van der Waals surface area contributed by atoms with E-state index in [-0.39, 0.29) is 0 Å². The van der Waals surface area contributed by atoms with Crippen LogP contribution in [0.1, 0.15) is 38.4 Å². The van der Waals surface area contributed by atoms with E-state index in [0.717, 1.165) is 16.7 Å². The van der Waals surface area contributed by atoms with Gasteiger partial charge in [-0.1, -0.05) is 48.0 Å². The number of benzene rings is 2. The molecule has 0 saturated heterocycles. The van der Waals surface area contributed by atoms with Crippen LogP contribution in [0.5, 0.6) is 0 Å². The normalized spacial score (nSPS) is 10.7. The maximum absolute atomic E-state index is 12.6. The van der Waals surface area contributed by atoms with Crippen LogP contribution in [-0.4, -0.2) is 28.3 Å². The zero-order chi connectivity index (χ0) is 21.8. The second kappa shape index (κ2) is 9.13. The number of nitrogens with zero attached hydrogens (tertiary/aromatic N) is 2. The number of aromatic nitrogens is 2. The van der Waals surface area contributed by atoms with E-state index in [9.17, 15) is 9.59 Å². The first-order chi connectivity index (χ1) is 14.3. The summed E-state index contributed by atoms with van der Waals surface area (Å²) in [4.78, 5) is 24.9. The number of esters is 1. The summed E-state index contributed by atoms with van der Waals surface area (Å²) in [5.41, 5.74) is 5.07. The smallest absolute Gasteiger partial charge is 0.342 e. The molecular formula is C23H24ClN3O3. The Kier molecular flexibility index (Phi) is 6.57. The lowest BCUT2D eigenvalue weighted by molar-refractivity contribution is -0.119. The lowest BCUT2D eigenvalue weighted by Crippen LogP contribution is -2.22. The van der Waals surface area contributed by atoms with Crippen LogP contribution in [0.15, 0.2) is 42.5 Å². The van der Waals surface area contributed by atoms with Gasteiger partial charge in [0.05, 0.1) is 28.6 Å². The predicted molar refractivity (Wildman–Crippen MR) is 117 cm³/mol. The van der Waals surface area contributed by atoms with Gasteiger partial charge < -0.3 is 10.1 Å². The molecule has 1 heterocycles. The molecule has 0 aliphatic carbocycles. The molecule has 0 unspecified atom stereocenters. The Balaban J connectivity index is 1.66. The summed E-state index contributed by atoms with van der Waals surface area (Å²) in [6, 6.07) is 13.5. The van der Waals surface area contributed by atoms with Gasteiger partial charge >= 0.3 is 5.97 Å². The number of anilines is 1. The number of carbonyl (C=O) groups is 2. The number of ether oxygens (including phenoxy) is 1. The molecule has 6 nitrogen and oxygen atoms in total. The zero-order valence-corrected chi connectivity index (χ0v) is 18.2. The van der Waals surface area contributed by atoms with Crippen molar-refractivity contribution in [3.8, 4) is 0 Å². The topological polar surface area (TPSA) is 73.2 Å². The van der Waals surface area contributed by atoms with Gasteiger partial charge in [0.1, 0.15) is 5.56 Å². The molecule has 156 valence electrons. The van der Waals surface area contributed by atoms with Gasteiger partial charge in [-0.25, -0.2) is 4.79 Å². The van der Waals surface area contributed by atoms with E-state index in [2.05, 4.69) is 10.4 Å². The summed E-state index contributed by atoms with van der Waals surface area (Å²) < 4.78 is 7.00. The van der Waals surface area contributed by atoms with Crippen LogP contribution in [-0.2, 0) is 16.1 Å². The van der Waals surface area contributed by atoms with Gasteiger partial charge in [0, 0.05) is 0 Å². The Morgan fingerprint density at radius 3 is 2.47 bits per heavy atom. The van der Waals surface area contributed by atoms with Crippen LogP contribution in [0.4, 0.5) is 5.69 Å². The first-order valence-electron chi connectivity index (χ1n) is 9.58. The van der Waals surface area contributed by atoms with Crippen LogP contribution in [0.25, 0.3) is 0 Å². The summed E-state index contributed by atoms with van der Waals surface area (Å²) >= 11 is 6.21. The second-order valence-electron chi connectivity index (χ2n) is 7.25. The molecule has 0 spiro atoms. The minimum atomic E-state index is -0.578. The second-order valence-corrected chi connectivity index (χ2v) is 7.66. The Morgan fingerprint density at radius 1 is 1.10 bits per heavy atom. The summed E-state index contributed by atoms with van der Waals surface area (Å²) in [6.07, 6.45) is 0. The van der Waals surface area contributed by atoms with Gasteiger partial charge in [-0.05, 0) is 50.5 Å². The van der Waals surface area contributed by atoms with E-state index in [0.29, 0.717) is 34.2 Å². The quantitative estimate of drug-likeness (QED) is 0.585. The van der Waals surface area contributed by atoms with Crippen molar-refractivity contribution in [2.75, 3.05) is 11.9 Å². The Bertz CT molecular complexity index is 1070. The number of aryl methyl sites for hydroxylation is 3. The largest absolute Gasteiger partial charge is 0.452 e. The van der Waals surface area contributed by atoms with Crippen LogP contribution in [0.2, 0.25) is 5.02 Å². The number of amides is 1. The van der Waals surface area contributed by atoms with Gasteiger partial charge in [0.25, 0.3) is 5.91 Å². The fourth-order valence-corrected chi connectivity index (χ4v) is 3.72. The monoisotopic (exact) mass is 425 g/mol. The summed E-state index contributed by atoms with van der Waals surface area (Å²) in [5, 5.41) is 7.61. The Morgan fingerprint density at radius 2 is 1.80 bits per heavy atom. The number of halogens is 1. The highest BCUT2D eigenvalue weighted by Gasteiger charge is 2.21. The molecule has 0 aliphatic rings. The predicted octanol–water partition coefficient (Wildman–Crippen LogP) is 4.61. The van der Waals surface area contributed by atoms with Gasteiger partial charge in [-0.15, -0.1) is 0 Å². The maximum atomic E-state index is 12.6. The maximum Gasteiger partial charge on any atom is 0.342 e. The molecule has 3 rings (SSSR count). The van der Waals surface area contributed by atoms with Crippen molar-refractivity contribution in [1.29, 1.82) is 0 Å². The van der Waals surface area contributed by atoms with E-state index in [1.807, 2.05) is 57.2 Å². The highest BCUT2D eigenvalue weighted by Crippen LogP contribution is 2.27. The van der Waals surface area contributed by atoms with Crippen molar-refractivity contribution >= 4 is 29.2 Å². The van der Waals surface area contributed by atoms with Gasteiger partial charge in [0.2, 0.25) is 0 Å². The number of hydrogen-bond donors (Lipinski definition) is 1. The van der Waals surface area contributed by atoms with Crippen LogP contribution in [0, 0.1) is 27.7 Å². The van der Waals surface area contributed by atoms with Crippen LogP contribution >= 0.6 is 11.6 Å². The molecule has 0 radical (unpaired) electrons. The number of nitrogens with one attached hydrogen (secondary N) is 1. The molecule has 30 heavy (non-hydrogen) atoms. The molecule has 0 fully saturated rings. The van der Waals surface area contributed by atoms with E-state index in [1.165, 1.54) is 0 Å². The summed E-state index contributed by atoms with van der Waals surface area (Å²) in [5.74, 6) is -1.03. The number of hydrogen-bond acceptors (Lipinski definition) is 4. The molecule has 3 aromatic rings. The summed E-state index contributed by atoms with van der Waals surface area (Å²) in [6.45, 7) is 7.48. The standard InChI is InChI=1S/C23H24ClN3O3/c1-14-10-15(2)22(19(24)11-14)25-20(28)13-30-23(29)21-16(3)26-27(17(21)4)12-18-8-6-5-7-9-18/h5-11H,12-13H2,1-4H3,(H,25,28). The van der Waals surface area contributed by atoms with Crippen molar-refractivity contribution in [3.63, 3.8) is 0 Å². The van der Waals surface area contributed by atoms with E-state index in [4.69, 9.17) is 16.3 Å². The van der Waals surface area contributed by atoms with Crippen molar-refractivity contribution in [2.45, 2.75) is 34.2 Å². The molecule has 7 heteroatoms. The average Bonchev–Trinajstić information content (AvgIpc) is 2.96. The van der Waals surface area contributed by atoms with E-state index >= 15 is 0 Å². The van der Waals surface area contributed by atoms with Crippen LogP contribution < -0.4 is 5.32 Å². The minimum Gasteiger partial charge on any atom is -0.452 e. The first kappa shape index (κ1) is 21.6. The molecule has 2 aromatic carbocycles. The van der Waals surface area contributed by atoms with Gasteiger partial charge in [-0.2, -0.15) is 5.10 Å². The molecule has 0 saturated carbocycles. The van der Waals surface area contributed by atoms with Crippen molar-refractivity contribution < 1.29 is 14.3 Å². The van der Waals surface area contributed by atoms with Gasteiger partial charge in [0.15, 0.2) is 6.61 Å². The molecule has 0 atom stereocenters. The molecule has 0 aliphatic heterocycles. The summed E-state index contributed by atoms with van der Waals surface area (Å²) in [7, 11) is 0. The lowest BCUT2D eigenvalue weighted by atomic mass is 10.1. The fraction of sp³-hybridized carbons (Fsp3) is 0.261. The van der Waals surface area contributed by atoms with E-state index < -0.39 is 18.5 Å². The third-order valence-corrected chi connectivity index (χ3v) is 5.09. The average molecular weight is 426 g/mol. The van der Waals surface area contributed by atoms with Crippen LogP contribution in [0.3, 0.4) is 0 Å². The minimum absolute atomic E-state index is 0.378. The van der Waals surface area contributed by atoms with Crippen molar-refractivity contribution in [1.82, 2.24) is 9.78 Å². The number of rotatable bonds is 6. The molecule has 1 amide bonds. The highest BCUT2D eigenvalue weighted by molar-refractivity contribution is 6.34. The molecule has 1 aromatic heterocycles. The van der Waals surface area contributed by atoms with Crippen molar-refractivity contribution in [3.05, 3.63) is 81.1 Å². The lowest BCUT2D eigenvalue weighted by Gasteiger charge is -2.12. The fourth-order valence-electron chi connectivity index (χ4n) is 3.36. The number of carbonyl (C=O) groups excluding carboxylic acids is 2. The van der Waals surface area contributed by atoms with Gasteiger partial charge in [-0.3, -0.25) is 9.48 Å². The Hall–Kier alpha value is -3.12. The Labute approximate surface area is 180 Å². The van der Waals surface area contributed by atoms with Crippen molar-refractivity contribution in [2.24, 2.45) is 0 Å². The molecule has 1 N–H and O–H groups in total.